The van der Waals surface area contributed by atoms with E-state index >= 15 is 0 Å². The number of amides is 1. The number of benzene rings is 1. The first-order valence-corrected chi connectivity index (χ1v) is 7.13. The molecule has 0 radical (unpaired) electrons. The van der Waals surface area contributed by atoms with Crippen molar-refractivity contribution < 1.29 is 4.79 Å². The SMILES string of the molecule is Cc1cccc(N2CC3(CC3)CNC(C)C2=O)c1C. The van der Waals surface area contributed by atoms with Crippen molar-refractivity contribution in [3.8, 4) is 0 Å². The van der Waals surface area contributed by atoms with E-state index in [1.54, 1.807) is 0 Å². The summed E-state index contributed by atoms with van der Waals surface area (Å²) >= 11 is 0. The minimum Gasteiger partial charge on any atom is -0.310 e. The number of carbonyl (C=O) groups excluding carboxylic acids is 1. The van der Waals surface area contributed by atoms with E-state index in [4.69, 9.17) is 0 Å². The van der Waals surface area contributed by atoms with Gasteiger partial charge in [0.1, 0.15) is 0 Å². The lowest BCUT2D eigenvalue weighted by molar-refractivity contribution is -0.119. The van der Waals surface area contributed by atoms with Gasteiger partial charge in [0.15, 0.2) is 0 Å². The lowest BCUT2D eigenvalue weighted by Crippen LogP contribution is -2.42. The first-order chi connectivity index (χ1) is 9.02. The maximum absolute atomic E-state index is 12.6. The van der Waals surface area contributed by atoms with Crippen LogP contribution in [0.2, 0.25) is 0 Å². The van der Waals surface area contributed by atoms with Crippen LogP contribution in [0.25, 0.3) is 0 Å². The summed E-state index contributed by atoms with van der Waals surface area (Å²) < 4.78 is 0. The molecule has 1 spiro atoms. The Labute approximate surface area is 115 Å². The molecule has 1 aromatic rings. The van der Waals surface area contributed by atoms with Crippen LogP contribution < -0.4 is 10.2 Å². The molecule has 1 atom stereocenters. The highest BCUT2D eigenvalue weighted by Crippen LogP contribution is 2.47. The molecule has 1 heterocycles. The van der Waals surface area contributed by atoms with Crippen molar-refractivity contribution in [3.63, 3.8) is 0 Å². The Kier molecular flexibility index (Phi) is 2.90. The summed E-state index contributed by atoms with van der Waals surface area (Å²) in [5.74, 6) is 0.206. The van der Waals surface area contributed by atoms with Crippen LogP contribution in [0.3, 0.4) is 0 Å². The van der Waals surface area contributed by atoms with Gasteiger partial charge in [-0.25, -0.2) is 0 Å². The van der Waals surface area contributed by atoms with Crippen LogP contribution in [0, 0.1) is 19.3 Å². The number of aryl methyl sites for hydroxylation is 1. The van der Waals surface area contributed by atoms with Gasteiger partial charge in [0, 0.05) is 24.2 Å². The molecule has 2 fully saturated rings. The highest BCUT2D eigenvalue weighted by Gasteiger charge is 2.47. The van der Waals surface area contributed by atoms with E-state index in [2.05, 4.69) is 31.3 Å². The number of nitrogens with one attached hydrogen (secondary N) is 1. The fraction of sp³-hybridized carbons (Fsp3) is 0.562. The molecule has 0 bridgehead atoms. The summed E-state index contributed by atoms with van der Waals surface area (Å²) in [5.41, 5.74) is 3.89. The van der Waals surface area contributed by atoms with Crippen molar-refractivity contribution in [1.82, 2.24) is 5.32 Å². The van der Waals surface area contributed by atoms with Crippen molar-refractivity contribution in [1.29, 1.82) is 0 Å². The second-order valence-electron chi connectivity index (χ2n) is 6.25. The van der Waals surface area contributed by atoms with E-state index in [0.29, 0.717) is 5.41 Å². The molecule has 1 aliphatic carbocycles. The fourth-order valence-corrected chi connectivity index (χ4v) is 2.90. The predicted molar refractivity (Wildman–Crippen MR) is 77.4 cm³/mol. The molecule has 2 aliphatic rings. The van der Waals surface area contributed by atoms with Crippen molar-refractivity contribution in [2.45, 2.75) is 39.7 Å². The number of carbonyl (C=O) groups is 1. The van der Waals surface area contributed by atoms with Gasteiger partial charge in [-0.05, 0) is 50.8 Å². The molecule has 1 aromatic carbocycles. The standard InChI is InChI=1S/C16H22N2O/c1-11-5-4-6-14(12(11)2)18-10-16(7-8-16)9-17-13(3)15(18)19/h4-6,13,17H,7-10H2,1-3H3. The van der Waals surface area contributed by atoms with Gasteiger partial charge in [0.25, 0.3) is 0 Å². The predicted octanol–water partition coefficient (Wildman–Crippen LogP) is 2.41. The van der Waals surface area contributed by atoms with Gasteiger partial charge in [-0.15, -0.1) is 0 Å². The Morgan fingerprint density at radius 1 is 1.32 bits per heavy atom. The van der Waals surface area contributed by atoms with Gasteiger partial charge in [-0.3, -0.25) is 4.79 Å². The highest BCUT2D eigenvalue weighted by molar-refractivity contribution is 5.98. The number of anilines is 1. The molecule has 3 nitrogen and oxygen atoms in total. The summed E-state index contributed by atoms with van der Waals surface area (Å²) in [6.07, 6.45) is 2.47. The number of rotatable bonds is 1. The smallest absolute Gasteiger partial charge is 0.243 e. The molecule has 102 valence electrons. The van der Waals surface area contributed by atoms with Crippen LogP contribution in [-0.2, 0) is 4.79 Å². The molecule has 1 saturated carbocycles. The minimum absolute atomic E-state index is 0.0834. The highest BCUT2D eigenvalue weighted by atomic mass is 16.2. The minimum atomic E-state index is -0.0834. The van der Waals surface area contributed by atoms with Crippen LogP contribution in [-0.4, -0.2) is 25.0 Å². The van der Waals surface area contributed by atoms with Gasteiger partial charge in [0.05, 0.1) is 6.04 Å². The second kappa shape index (κ2) is 4.34. The van der Waals surface area contributed by atoms with Crippen LogP contribution in [0.1, 0.15) is 30.9 Å². The van der Waals surface area contributed by atoms with E-state index < -0.39 is 0 Å². The molecule has 1 saturated heterocycles. The number of nitrogens with zero attached hydrogens (tertiary/aromatic N) is 1. The Bertz CT molecular complexity index is 519. The van der Waals surface area contributed by atoms with Crippen LogP contribution in [0.15, 0.2) is 18.2 Å². The Hall–Kier alpha value is -1.35. The van der Waals surface area contributed by atoms with Crippen molar-refractivity contribution >= 4 is 11.6 Å². The molecule has 1 N–H and O–H groups in total. The van der Waals surface area contributed by atoms with Gasteiger partial charge >= 0.3 is 0 Å². The monoisotopic (exact) mass is 258 g/mol. The third kappa shape index (κ3) is 2.16. The summed E-state index contributed by atoms with van der Waals surface area (Å²) in [6.45, 7) is 8.03. The normalized spacial score (nSPS) is 25.5. The summed E-state index contributed by atoms with van der Waals surface area (Å²) in [5, 5.41) is 3.39. The molecule has 1 aliphatic heterocycles. The first-order valence-electron chi connectivity index (χ1n) is 7.13. The van der Waals surface area contributed by atoms with Gasteiger partial charge in [-0.2, -0.15) is 0 Å². The maximum Gasteiger partial charge on any atom is 0.243 e. The van der Waals surface area contributed by atoms with Crippen molar-refractivity contribution in [2.75, 3.05) is 18.0 Å². The Morgan fingerprint density at radius 2 is 2.05 bits per heavy atom. The molecule has 3 rings (SSSR count). The van der Waals surface area contributed by atoms with E-state index in [1.165, 1.54) is 24.0 Å². The fourth-order valence-electron chi connectivity index (χ4n) is 2.90. The molecule has 1 amide bonds. The quantitative estimate of drug-likeness (QED) is 0.839. The van der Waals surface area contributed by atoms with Gasteiger partial charge in [-0.1, -0.05) is 12.1 Å². The van der Waals surface area contributed by atoms with Crippen molar-refractivity contribution in [2.24, 2.45) is 5.41 Å². The summed E-state index contributed by atoms with van der Waals surface area (Å²) in [7, 11) is 0. The lowest BCUT2D eigenvalue weighted by Gasteiger charge is -2.27. The lowest BCUT2D eigenvalue weighted by atomic mass is 10.0. The van der Waals surface area contributed by atoms with E-state index in [1.807, 2.05) is 17.9 Å². The average molecular weight is 258 g/mol. The summed E-state index contributed by atoms with van der Waals surface area (Å²) in [6, 6.07) is 6.15. The van der Waals surface area contributed by atoms with Crippen LogP contribution in [0.5, 0.6) is 0 Å². The zero-order valence-corrected chi connectivity index (χ0v) is 12.0. The van der Waals surface area contributed by atoms with Crippen molar-refractivity contribution in [3.05, 3.63) is 29.3 Å². The molecule has 19 heavy (non-hydrogen) atoms. The molecule has 0 aromatic heterocycles. The zero-order chi connectivity index (χ0) is 13.6. The molecular formula is C16H22N2O. The average Bonchev–Trinajstić information content (AvgIpc) is 3.17. The van der Waals surface area contributed by atoms with E-state index in [-0.39, 0.29) is 11.9 Å². The largest absolute Gasteiger partial charge is 0.310 e. The van der Waals surface area contributed by atoms with E-state index in [0.717, 1.165) is 18.8 Å². The Balaban J connectivity index is 2.00. The molecule has 1 unspecified atom stereocenters. The third-order valence-corrected chi connectivity index (χ3v) is 4.74. The maximum atomic E-state index is 12.6. The van der Waals surface area contributed by atoms with Gasteiger partial charge in [0.2, 0.25) is 5.91 Å². The first kappa shape index (κ1) is 12.7. The summed E-state index contributed by atoms with van der Waals surface area (Å²) in [4.78, 5) is 14.6. The van der Waals surface area contributed by atoms with Gasteiger partial charge < -0.3 is 10.2 Å². The topological polar surface area (TPSA) is 32.3 Å². The molecular weight excluding hydrogens is 236 g/mol. The van der Waals surface area contributed by atoms with Crippen LogP contribution in [0.4, 0.5) is 5.69 Å². The Morgan fingerprint density at radius 3 is 2.74 bits per heavy atom. The zero-order valence-electron chi connectivity index (χ0n) is 12.0. The third-order valence-electron chi connectivity index (χ3n) is 4.74. The second-order valence-corrected chi connectivity index (χ2v) is 6.25. The van der Waals surface area contributed by atoms with E-state index in [9.17, 15) is 4.79 Å². The number of hydrogen-bond acceptors (Lipinski definition) is 2. The number of hydrogen-bond donors (Lipinski definition) is 1. The molecule has 3 heteroatoms. The van der Waals surface area contributed by atoms with Crippen LogP contribution >= 0.6 is 0 Å².